The monoisotopic (exact) mass is 370 g/mol. The second-order valence-electron chi connectivity index (χ2n) is 7.17. The molecule has 146 valence electrons. The first-order valence-corrected chi connectivity index (χ1v) is 9.68. The number of rotatable bonds is 7. The highest BCUT2D eigenvalue weighted by Gasteiger charge is 2.31. The Balaban J connectivity index is 1.53. The lowest BCUT2D eigenvalue weighted by Gasteiger charge is -2.28. The van der Waals surface area contributed by atoms with Crippen LogP contribution >= 0.6 is 0 Å². The number of nitrogens with zero attached hydrogens (tertiary/aromatic N) is 3. The maximum atomic E-state index is 5.18. The highest BCUT2D eigenvalue weighted by atomic mass is 16.5. The Labute approximate surface area is 161 Å². The zero-order valence-corrected chi connectivity index (χ0v) is 16.5. The van der Waals surface area contributed by atoms with Crippen LogP contribution in [0, 0.1) is 5.41 Å². The highest BCUT2D eigenvalue weighted by molar-refractivity contribution is 5.79. The van der Waals surface area contributed by atoms with Crippen LogP contribution in [0.15, 0.2) is 29.3 Å². The van der Waals surface area contributed by atoms with E-state index in [-0.39, 0.29) is 0 Å². The Hall–Kier alpha value is -2.57. The first kappa shape index (κ1) is 19.2. The van der Waals surface area contributed by atoms with Gasteiger partial charge in [0.1, 0.15) is 11.6 Å². The smallest absolute Gasteiger partial charge is 0.191 e. The Morgan fingerprint density at radius 1 is 1.22 bits per heavy atom. The maximum Gasteiger partial charge on any atom is 0.191 e. The van der Waals surface area contributed by atoms with Crippen molar-refractivity contribution < 1.29 is 4.74 Å². The fraction of sp³-hybridized carbons (Fsp3) is 0.550. The van der Waals surface area contributed by atoms with Crippen molar-refractivity contribution in [2.24, 2.45) is 10.4 Å². The van der Waals surface area contributed by atoms with Gasteiger partial charge in [0.05, 0.1) is 13.7 Å². The Morgan fingerprint density at radius 2 is 1.96 bits per heavy atom. The van der Waals surface area contributed by atoms with Crippen LogP contribution < -0.4 is 15.4 Å². The van der Waals surface area contributed by atoms with Crippen molar-refractivity contribution in [1.29, 1.82) is 0 Å². The number of guanidine groups is 1. The summed E-state index contributed by atoms with van der Waals surface area (Å²) in [7, 11) is 3.45. The molecular formula is C20H30N6O. The first-order chi connectivity index (χ1) is 13.2. The van der Waals surface area contributed by atoms with E-state index in [1.54, 1.807) is 14.2 Å². The number of ether oxygens (including phenoxy) is 1. The van der Waals surface area contributed by atoms with Crippen molar-refractivity contribution >= 4 is 5.96 Å². The average Bonchev–Trinajstić information content (AvgIpc) is 3.38. The predicted molar refractivity (Wildman–Crippen MR) is 108 cm³/mol. The number of H-pyrrole nitrogens is 1. The Kier molecular flexibility index (Phi) is 6.32. The molecule has 1 aromatic heterocycles. The molecule has 0 radical (unpaired) electrons. The third kappa shape index (κ3) is 4.78. The molecule has 0 atom stereocenters. The maximum absolute atomic E-state index is 5.18. The molecule has 1 fully saturated rings. The fourth-order valence-electron chi connectivity index (χ4n) is 3.68. The van der Waals surface area contributed by atoms with Crippen molar-refractivity contribution in [3.05, 3.63) is 30.1 Å². The van der Waals surface area contributed by atoms with Crippen molar-refractivity contribution in [2.45, 2.75) is 45.6 Å². The van der Waals surface area contributed by atoms with Crippen LogP contribution in [0.2, 0.25) is 0 Å². The average molecular weight is 371 g/mol. The molecule has 0 unspecified atom stereocenters. The second-order valence-corrected chi connectivity index (χ2v) is 7.17. The second kappa shape index (κ2) is 8.88. The number of nitrogens with one attached hydrogen (secondary N) is 3. The number of aromatic nitrogens is 3. The van der Waals surface area contributed by atoms with Gasteiger partial charge < -0.3 is 15.4 Å². The van der Waals surface area contributed by atoms with E-state index >= 15 is 0 Å². The van der Waals surface area contributed by atoms with Crippen molar-refractivity contribution in [2.75, 3.05) is 20.7 Å². The van der Waals surface area contributed by atoms with Gasteiger partial charge in [-0.05, 0) is 48.9 Å². The lowest BCUT2D eigenvalue weighted by Crippen LogP contribution is -2.42. The molecule has 0 spiro atoms. The fourth-order valence-corrected chi connectivity index (χ4v) is 3.68. The van der Waals surface area contributed by atoms with Gasteiger partial charge in [-0.3, -0.25) is 10.1 Å². The van der Waals surface area contributed by atoms with Crippen LogP contribution in [0.25, 0.3) is 11.4 Å². The molecule has 7 heteroatoms. The van der Waals surface area contributed by atoms with E-state index in [1.165, 1.54) is 32.1 Å². The molecule has 3 N–H and O–H groups in total. The minimum atomic E-state index is 0.422. The summed E-state index contributed by atoms with van der Waals surface area (Å²) in [6.45, 7) is 3.80. The summed E-state index contributed by atoms with van der Waals surface area (Å²) in [6, 6.07) is 7.71. The molecule has 0 saturated heterocycles. The van der Waals surface area contributed by atoms with Crippen LogP contribution in [-0.4, -0.2) is 41.8 Å². The zero-order chi connectivity index (χ0) is 19.1. The number of aliphatic imine (C=N–C) groups is 1. The minimum Gasteiger partial charge on any atom is -0.497 e. The standard InChI is InChI=1S/C20H30N6O/c1-4-20(11-5-6-12-20)14-23-19(21-2)22-13-17-24-18(26-25-17)15-7-9-16(27-3)10-8-15/h7-10H,4-6,11-14H2,1-3H3,(H2,21,22,23)(H,24,25,26). The molecule has 27 heavy (non-hydrogen) atoms. The number of hydrogen-bond acceptors (Lipinski definition) is 4. The summed E-state index contributed by atoms with van der Waals surface area (Å²) in [5.41, 5.74) is 1.37. The molecule has 3 rings (SSSR count). The van der Waals surface area contributed by atoms with Gasteiger partial charge in [-0.1, -0.05) is 19.8 Å². The topological polar surface area (TPSA) is 87.2 Å². The molecule has 1 saturated carbocycles. The predicted octanol–water partition coefficient (Wildman–Crippen LogP) is 3.12. The number of methoxy groups -OCH3 is 1. The summed E-state index contributed by atoms with van der Waals surface area (Å²) in [5.74, 6) is 3.07. The zero-order valence-electron chi connectivity index (χ0n) is 16.5. The summed E-state index contributed by atoms with van der Waals surface area (Å²) in [6.07, 6.45) is 6.51. The van der Waals surface area contributed by atoms with Gasteiger partial charge >= 0.3 is 0 Å². The van der Waals surface area contributed by atoms with Gasteiger partial charge in [0.2, 0.25) is 0 Å². The van der Waals surface area contributed by atoms with Crippen LogP contribution in [-0.2, 0) is 6.54 Å². The molecule has 2 aromatic rings. The molecule has 0 amide bonds. The van der Waals surface area contributed by atoms with E-state index in [0.29, 0.717) is 17.8 Å². The van der Waals surface area contributed by atoms with Gasteiger partial charge in [-0.25, -0.2) is 4.98 Å². The van der Waals surface area contributed by atoms with E-state index in [2.05, 4.69) is 37.7 Å². The van der Waals surface area contributed by atoms with Gasteiger partial charge in [0.25, 0.3) is 0 Å². The summed E-state index contributed by atoms with van der Waals surface area (Å²) in [4.78, 5) is 8.89. The van der Waals surface area contributed by atoms with E-state index in [9.17, 15) is 0 Å². The third-order valence-electron chi connectivity index (χ3n) is 5.57. The Morgan fingerprint density at radius 3 is 2.59 bits per heavy atom. The molecular weight excluding hydrogens is 340 g/mol. The lowest BCUT2D eigenvalue weighted by molar-refractivity contribution is 0.283. The molecule has 0 aliphatic heterocycles. The van der Waals surface area contributed by atoms with Gasteiger partial charge in [-0.2, -0.15) is 5.10 Å². The SMILES string of the molecule is CCC1(CNC(=NC)NCc2nc(-c3ccc(OC)cc3)n[nH]2)CCCC1. The minimum absolute atomic E-state index is 0.422. The number of benzene rings is 1. The van der Waals surface area contributed by atoms with Crippen LogP contribution in [0.3, 0.4) is 0 Å². The molecule has 1 aromatic carbocycles. The van der Waals surface area contributed by atoms with Crippen LogP contribution in [0.4, 0.5) is 0 Å². The van der Waals surface area contributed by atoms with Crippen LogP contribution in [0.5, 0.6) is 5.75 Å². The van der Waals surface area contributed by atoms with Gasteiger partial charge in [0, 0.05) is 19.2 Å². The van der Waals surface area contributed by atoms with Crippen molar-refractivity contribution in [3.63, 3.8) is 0 Å². The van der Waals surface area contributed by atoms with E-state index in [1.807, 2.05) is 24.3 Å². The first-order valence-electron chi connectivity index (χ1n) is 9.68. The van der Waals surface area contributed by atoms with E-state index < -0.39 is 0 Å². The van der Waals surface area contributed by atoms with Gasteiger partial charge in [0.15, 0.2) is 11.8 Å². The molecule has 7 nitrogen and oxygen atoms in total. The normalized spacial score (nSPS) is 16.3. The van der Waals surface area contributed by atoms with Gasteiger partial charge in [-0.15, -0.1) is 0 Å². The number of aromatic amines is 1. The third-order valence-corrected chi connectivity index (χ3v) is 5.57. The quantitative estimate of drug-likeness (QED) is 0.515. The summed E-state index contributed by atoms with van der Waals surface area (Å²) < 4.78 is 5.18. The van der Waals surface area contributed by atoms with E-state index in [4.69, 9.17) is 4.74 Å². The molecule has 1 heterocycles. The summed E-state index contributed by atoms with van der Waals surface area (Å²) in [5, 5.41) is 14.1. The number of hydrogen-bond donors (Lipinski definition) is 3. The molecule has 0 bridgehead atoms. The van der Waals surface area contributed by atoms with Crippen molar-refractivity contribution in [3.8, 4) is 17.1 Å². The van der Waals surface area contributed by atoms with Crippen molar-refractivity contribution in [1.82, 2.24) is 25.8 Å². The highest BCUT2D eigenvalue weighted by Crippen LogP contribution is 2.40. The molecule has 1 aliphatic carbocycles. The molecule has 1 aliphatic rings. The lowest BCUT2D eigenvalue weighted by atomic mass is 9.83. The van der Waals surface area contributed by atoms with E-state index in [0.717, 1.165) is 29.6 Å². The van der Waals surface area contributed by atoms with Crippen LogP contribution in [0.1, 0.15) is 44.9 Å². The Bertz CT molecular complexity index is 746. The summed E-state index contributed by atoms with van der Waals surface area (Å²) >= 11 is 0. The largest absolute Gasteiger partial charge is 0.497 e.